The molecule has 0 bridgehead atoms. The van der Waals surface area contributed by atoms with Gasteiger partial charge in [0.1, 0.15) is 10.3 Å². The van der Waals surface area contributed by atoms with Crippen LogP contribution in [0.25, 0.3) is 0 Å². The molecular weight excluding hydrogens is 340 g/mol. The second-order valence-electron chi connectivity index (χ2n) is 5.10. The van der Waals surface area contributed by atoms with E-state index in [4.69, 9.17) is 5.73 Å². The van der Waals surface area contributed by atoms with Gasteiger partial charge in [-0.15, -0.1) is 22.0 Å². The smallest absolute Gasteiger partial charge is 0.244 e. The highest BCUT2D eigenvalue weighted by Crippen LogP contribution is 2.37. The van der Waals surface area contributed by atoms with Gasteiger partial charge in [0.05, 0.1) is 0 Å². The number of thioether (sulfide) groups is 1. The van der Waals surface area contributed by atoms with Crippen molar-refractivity contribution >= 4 is 39.8 Å². The number of rotatable bonds is 5. The van der Waals surface area contributed by atoms with Crippen molar-refractivity contribution in [3.63, 3.8) is 0 Å². The molecule has 0 fully saturated rings. The van der Waals surface area contributed by atoms with Gasteiger partial charge in [0, 0.05) is 10.6 Å². The molecule has 0 saturated heterocycles. The number of hydrogen-bond acceptors (Lipinski definition) is 6. The van der Waals surface area contributed by atoms with Crippen LogP contribution in [0.2, 0.25) is 0 Å². The summed E-state index contributed by atoms with van der Waals surface area (Å²) in [6.07, 6.45) is 0. The Morgan fingerprint density at radius 1 is 1.17 bits per heavy atom. The normalized spacial score (nSPS) is 11.9. The van der Waals surface area contributed by atoms with Crippen LogP contribution in [0.4, 0.5) is 10.8 Å². The Kier molecular flexibility index (Phi) is 5.12. The summed E-state index contributed by atoms with van der Waals surface area (Å²) in [5.41, 5.74) is 7.44. The average Bonchev–Trinajstić information content (AvgIpc) is 2.98. The molecule has 0 radical (unpaired) electrons. The number of nitrogens with one attached hydrogen (secondary N) is 1. The van der Waals surface area contributed by atoms with E-state index in [1.807, 2.05) is 61.5 Å². The number of nitrogen functional groups attached to an aromatic ring is 1. The second kappa shape index (κ2) is 7.46. The summed E-state index contributed by atoms with van der Waals surface area (Å²) < 4.78 is 0. The zero-order valence-electron chi connectivity index (χ0n) is 13.0. The molecule has 0 saturated carbocycles. The summed E-state index contributed by atoms with van der Waals surface area (Å²) in [5, 5.41) is 11.6. The van der Waals surface area contributed by atoms with Crippen molar-refractivity contribution in [2.45, 2.75) is 17.1 Å². The Balaban J connectivity index is 1.85. The fraction of sp³-hybridized carbons (Fsp3) is 0.118. The van der Waals surface area contributed by atoms with E-state index in [-0.39, 0.29) is 5.91 Å². The van der Waals surface area contributed by atoms with Crippen molar-refractivity contribution < 1.29 is 4.79 Å². The quantitative estimate of drug-likeness (QED) is 0.535. The summed E-state index contributed by atoms with van der Waals surface area (Å²) in [6, 6.07) is 17.2. The molecule has 3 N–H and O–H groups in total. The number of anilines is 2. The highest BCUT2D eigenvalue weighted by atomic mass is 32.2. The highest BCUT2D eigenvalue weighted by Gasteiger charge is 2.23. The summed E-state index contributed by atoms with van der Waals surface area (Å²) in [6.45, 7) is 1.85. The predicted octanol–water partition coefficient (Wildman–Crippen LogP) is 3.90. The third kappa shape index (κ3) is 4.12. The first kappa shape index (κ1) is 16.5. The van der Waals surface area contributed by atoms with Crippen LogP contribution in [-0.4, -0.2) is 16.1 Å². The first-order valence-electron chi connectivity index (χ1n) is 7.30. The number of aromatic nitrogens is 2. The topological polar surface area (TPSA) is 80.9 Å². The van der Waals surface area contributed by atoms with Crippen molar-refractivity contribution in [2.24, 2.45) is 0 Å². The molecule has 7 heteroatoms. The van der Waals surface area contributed by atoms with E-state index >= 15 is 0 Å². The standard InChI is InChI=1S/C17H16N4OS2/c1-11-20-21-17(23-11)19-16(22)15(12-6-3-2-4-7-12)24-14-9-5-8-13(18)10-14/h2-10,15H,18H2,1H3,(H,19,21,22). The number of carbonyl (C=O) groups is 1. The lowest BCUT2D eigenvalue weighted by molar-refractivity contribution is -0.115. The van der Waals surface area contributed by atoms with Crippen LogP contribution in [0.15, 0.2) is 59.5 Å². The second-order valence-corrected chi connectivity index (χ2v) is 7.46. The van der Waals surface area contributed by atoms with Crippen LogP contribution in [-0.2, 0) is 4.79 Å². The number of nitrogens with two attached hydrogens (primary N) is 1. The van der Waals surface area contributed by atoms with Crippen molar-refractivity contribution in [2.75, 3.05) is 11.1 Å². The van der Waals surface area contributed by atoms with Gasteiger partial charge < -0.3 is 5.73 Å². The van der Waals surface area contributed by atoms with Gasteiger partial charge >= 0.3 is 0 Å². The molecule has 0 aliphatic heterocycles. The number of carbonyl (C=O) groups excluding carboxylic acids is 1. The summed E-state index contributed by atoms with van der Waals surface area (Å²) in [5.74, 6) is -0.134. The molecular formula is C17H16N4OS2. The van der Waals surface area contributed by atoms with E-state index in [1.165, 1.54) is 23.1 Å². The molecule has 2 aromatic carbocycles. The van der Waals surface area contributed by atoms with E-state index in [0.29, 0.717) is 10.8 Å². The maximum atomic E-state index is 12.8. The molecule has 1 amide bonds. The fourth-order valence-electron chi connectivity index (χ4n) is 2.14. The van der Waals surface area contributed by atoms with Gasteiger partial charge in [-0.25, -0.2) is 0 Å². The van der Waals surface area contributed by atoms with Crippen molar-refractivity contribution in [3.8, 4) is 0 Å². The van der Waals surface area contributed by atoms with Gasteiger partial charge in [-0.1, -0.05) is 47.7 Å². The van der Waals surface area contributed by atoms with Crippen LogP contribution in [0.5, 0.6) is 0 Å². The zero-order valence-corrected chi connectivity index (χ0v) is 14.6. The zero-order chi connectivity index (χ0) is 16.9. The van der Waals surface area contributed by atoms with Crippen molar-refractivity contribution in [3.05, 3.63) is 65.2 Å². The molecule has 1 aromatic heterocycles. The van der Waals surface area contributed by atoms with Gasteiger partial charge in [-0.05, 0) is 30.7 Å². The van der Waals surface area contributed by atoms with Gasteiger partial charge in [0.2, 0.25) is 11.0 Å². The van der Waals surface area contributed by atoms with Gasteiger partial charge in [0.25, 0.3) is 0 Å². The van der Waals surface area contributed by atoms with Crippen LogP contribution < -0.4 is 11.1 Å². The minimum atomic E-state index is -0.405. The summed E-state index contributed by atoms with van der Waals surface area (Å²) in [7, 11) is 0. The maximum absolute atomic E-state index is 12.8. The first-order valence-corrected chi connectivity index (χ1v) is 8.99. The molecule has 0 aliphatic carbocycles. The molecule has 1 unspecified atom stereocenters. The lowest BCUT2D eigenvalue weighted by Gasteiger charge is -2.16. The summed E-state index contributed by atoms with van der Waals surface area (Å²) >= 11 is 2.81. The Morgan fingerprint density at radius 3 is 2.62 bits per heavy atom. The monoisotopic (exact) mass is 356 g/mol. The molecule has 5 nitrogen and oxygen atoms in total. The number of hydrogen-bond donors (Lipinski definition) is 2. The van der Waals surface area contributed by atoms with E-state index in [2.05, 4.69) is 15.5 Å². The van der Waals surface area contributed by atoms with E-state index in [0.717, 1.165) is 15.5 Å². The lowest BCUT2D eigenvalue weighted by atomic mass is 10.1. The van der Waals surface area contributed by atoms with Crippen LogP contribution in [0.3, 0.4) is 0 Å². The Hall–Kier alpha value is -2.38. The molecule has 0 spiro atoms. The Labute approximate surface area is 148 Å². The third-order valence-corrected chi connectivity index (χ3v) is 5.21. The fourth-order valence-corrected chi connectivity index (χ4v) is 3.83. The minimum absolute atomic E-state index is 0.134. The van der Waals surface area contributed by atoms with E-state index in [1.54, 1.807) is 0 Å². The minimum Gasteiger partial charge on any atom is -0.399 e. The maximum Gasteiger partial charge on any atom is 0.244 e. The van der Waals surface area contributed by atoms with E-state index < -0.39 is 5.25 Å². The number of nitrogens with zero attached hydrogens (tertiary/aromatic N) is 2. The van der Waals surface area contributed by atoms with Crippen molar-refractivity contribution in [1.82, 2.24) is 10.2 Å². The van der Waals surface area contributed by atoms with Crippen LogP contribution in [0, 0.1) is 6.92 Å². The van der Waals surface area contributed by atoms with Crippen LogP contribution >= 0.6 is 23.1 Å². The van der Waals surface area contributed by atoms with Crippen molar-refractivity contribution in [1.29, 1.82) is 0 Å². The molecule has 0 aliphatic rings. The molecule has 3 rings (SSSR count). The predicted molar refractivity (Wildman–Crippen MR) is 99.2 cm³/mol. The number of amides is 1. The molecule has 24 heavy (non-hydrogen) atoms. The molecule has 1 atom stereocenters. The number of benzene rings is 2. The van der Waals surface area contributed by atoms with Gasteiger partial charge in [-0.3, -0.25) is 10.1 Å². The third-order valence-electron chi connectivity index (χ3n) is 3.21. The Morgan fingerprint density at radius 2 is 1.96 bits per heavy atom. The van der Waals surface area contributed by atoms with E-state index in [9.17, 15) is 4.79 Å². The lowest BCUT2D eigenvalue weighted by Crippen LogP contribution is -2.19. The molecule has 122 valence electrons. The van der Waals surface area contributed by atoms with Crippen LogP contribution in [0.1, 0.15) is 15.8 Å². The highest BCUT2D eigenvalue weighted by molar-refractivity contribution is 8.00. The summed E-state index contributed by atoms with van der Waals surface area (Å²) in [4.78, 5) is 13.7. The average molecular weight is 356 g/mol. The SMILES string of the molecule is Cc1nnc(NC(=O)C(Sc2cccc(N)c2)c2ccccc2)s1. The number of aryl methyl sites for hydroxylation is 1. The largest absolute Gasteiger partial charge is 0.399 e. The van der Waals surface area contributed by atoms with Gasteiger partial charge in [0.15, 0.2) is 0 Å². The molecule has 3 aromatic rings. The molecule has 1 heterocycles. The first-order chi connectivity index (χ1) is 11.6. The van der Waals surface area contributed by atoms with Gasteiger partial charge in [-0.2, -0.15) is 0 Å². The Bertz CT molecular complexity index is 835.